The lowest BCUT2D eigenvalue weighted by molar-refractivity contribution is -0.145. The van der Waals surface area contributed by atoms with Crippen LogP contribution in [0.4, 0.5) is 5.69 Å². The Morgan fingerprint density at radius 2 is 2.10 bits per heavy atom. The van der Waals surface area contributed by atoms with Gasteiger partial charge >= 0.3 is 5.97 Å². The van der Waals surface area contributed by atoms with Gasteiger partial charge in [-0.05, 0) is 32.2 Å². The van der Waals surface area contributed by atoms with E-state index in [-0.39, 0.29) is 12.0 Å². The topological polar surface area (TPSA) is 65.8 Å². The van der Waals surface area contributed by atoms with Crippen molar-refractivity contribution in [2.24, 2.45) is 0 Å². The van der Waals surface area contributed by atoms with Crippen molar-refractivity contribution in [2.45, 2.75) is 30.3 Å². The largest absolute Gasteiger partial charge is 0.476 e. The molecule has 156 valence electrons. The lowest BCUT2D eigenvalue weighted by atomic mass is 9.89. The molecule has 0 spiro atoms. The van der Waals surface area contributed by atoms with Gasteiger partial charge in [0.1, 0.15) is 24.5 Å². The third-order valence-corrected chi connectivity index (χ3v) is 6.77. The number of hydrogen-bond acceptors (Lipinski definition) is 7. The molecule has 2 aliphatic heterocycles. The molecule has 2 unspecified atom stereocenters. The molecule has 0 amide bonds. The fourth-order valence-electron chi connectivity index (χ4n) is 4.26. The molecule has 0 saturated carbocycles. The van der Waals surface area contributed by atoms with Crippen molar-refractivity contribution < 1.29 is 14.3 Å². The normalized spacial score (nSPS) is 20.1. The quantitative estimate of drug-likeness (QED) is 0.538. The van der Waals surface area contributed by atoms with Crippen LogP contribution in [0.15, 0.2) is 41.3 Å². The fourth-order valence-corrected chi connectivity index (χ4v) is 5.39. The minimum atomic E-state index is -0.419. The number of hydrogen-bond donors (Lipinski definition) is 0. The van der Waals surface area contributed by atoms with Gasteiger partial charge in [-0.25, -0.2) is 0 Å². The molecule has 6 nitrogen and oxygen atoms in total. The summed E-state index contributed by atoms with van der Waals surface area (Å²) in [4.78, 5) is 18.4. The van der Waals surface area contributed by atoms with Crippen LogP contribution in [0.1, 0.15) is 29.5 Å². The molecule has 2 atom stereocenters. The van der Waals surface area contributed by atoms with E-state index in [2.05, 4.69) is 23.1 Å². The summed E-state index contributed by atoms with van der Waals surface area (Å²) in [6, 6.07) is 14.2. The van der Waals surface area contributed by atoms with Gasteiger partial charge in [0.25, 0.3) is 0 Å². The van der Waals surface area contributed by atoms with Gasteiger partial charge in [-0.3, -0.25) is 9.69 Å². The number of nitrogens with zero attached hydrogens (tertiary/aromatic N) is 3. The van der Waals surface area contributed by atoms with Crippen molar-refractivity contribution in [3.8, 4) is 11.8 Å². The maximum Gasteiger partial charge on any atom is 0.315 e. The number of rotatable bonds is 5. The molecule has 30 heavy (non-hydrogen) atoms. The summed E-state index contributed by atoms with van der Waals surface area (Å²) in [5, 5.41) is 9.70. The van der Waals surface area contributed by atoms with Crippen LogP contribution < -0.4 is 9.64 Å². The Bertz CT molecular complexity index is 989. The summed E-state index contributed by atoms with van der Waals surface area (Å²) in [7, 11) is 3.96. The van der Waals surface area contributed by atoms with Crippen LogP contribution in [0.2, 0.25) is 0 Å². The minimum absolute atomic E-state index is 0.0745. The zero-order valence-corrected chi connectivity index (χ0v) is 18.2. The predicted molar refractivity (Wildman–Crippen MR) is 117 cm³/mol. The third kappa shape index (κ3) is 3.62. The molecule has 0 fully saturated rings. The van der Waals surface area contributed by atoms with Crippen molar-refractivity contribution in [2.75, 3.05) is 38.1 Å². The Morgan fingerprint density at radius 3 is 2.80 bits per heavy atom. The summed E-state index contributed by atoms with van der Waals surface area (Å²) in [5.74, 6) is 0.694. The zero-order chi connectivity index (χ0) is 21.3. The van der Waals surface area contributed by atoms with Crippen molar-refractivity contribution in [3.63, 3.8) is 0 Å². The zero-order valence-electron chi connectivity index (χ0n) is 17.4. The molecular weight excluding hydrogens is 398 g/mol. The van der Waals surface area contributed by atoms with Gasteiger partial charge in [-0.2, -0.15) is 5.26 Å². The van der Waals surface area contributed by atoms with Gasteiger partial charge in [0.05, 0.1) is 18.2 Å². The molecule has 4 rings (SSSR count). The van der Waals surface area contributed by atoms with Crippen molar-refractivity contribution >= 4 is 23.4 Å². The summed E-state index contributed by atoms with van der Waals surface area (Å²) < 4.78 is 11.4. The molecule has 2 aromatic rings. The number of esters is 1. The number of thioether (sulfide) groups is 1. The van der Waals surface area contributed by atoms with E-state index in [0.717, 1.165) is 27.5 Å². The second kappa shape index (κ2) is 8.58. The highest BCUT2D eigenvalue weighted by Gasteiger charge is 2.45. The first-order chi connectivity index (χ1) is 14.5. The first-order valence-corrected chi connectivity index (χ1v) is 11.0. The van der Waals surface area contributed by atoms with Gasteiger partial charge in [0, 0.05) is 41.1 Å². The molecule has 0 saturated heterocycles. The minimum Gasteiger partial charge on any atom is -0.476 e. The molecule has 0 aromatic heterocycles. The maximum absolute atomic E-state index is 13.1. The van der Waals surface area contributed by atoms with Gasteiger partial charge < -0.3 is 14.4 Å². The van der Waals surface area contributed by atoms with Crippen LogP contribution in [0.5, 0.6) is 5.75 Å². The Morgan fingerprint density at radius 1 is 1.33 bits per heavy atom. The monoisotopic (exact) mass is 423 g/mol. The lowest BCUT2D eigenvalue weighted by Gasteiger charge is -2.29. The van der Waals surface area contributed by atoms with Crippen LogP contribution in [0.25, 0.3) is 0 Å². The molecule has 2 aromatic carbocycles. The number of anilines is 1. The number of benzene rings is 2. The van der Waals surface area contributed by atoms with Crippen molar-refractivity contribution in [3.05, 3.63) is 53.1 Å². The number of nitriles is 1. The van der Waals surface area contributed by atoms with E-state index in [0.29, 0.717) is 31.2 Å². The second-order valence-electron chi connectivity index (χ2n) is 7.60. The summed E-state index contributed by atoms with van der Waals surface area (Å²) in [5.41, 5.74) is 3.30. The standard InChI is InChI=1S/C23H25N3O3S/c1-4-28-23(27)21-19(13-30-16-8-6-5-7-9-16)26(3)18-10-15(11-24)22-17(20(18)21)12-25(2)14-29-22/h5-10,19,21H,4,12-14H2,1-3H3. The Balaban J connectivity index is 1.77. The van der Waals surface area contributed by atoms with Gasteiger partial charge in [0.2, 0.25) is 0 Å². The molecule has 0 bridgehead atoms. The number of ether oxygens (including phenoxy) is 2. The summed E-state index contributed by atoms with van der Waals surface area (Å²) >= 11 is 1.72. The molecule has 2 heterocycles. The van der Waals surface area contributed by atoms with E-state index < -0.39 is 5.92 Å². The molecule has 0 N–H and O–H groups in total. The lowest BCUT2D eigenvalue weighted by Crippen LogP contribution is -2.37. The second-order valence-corrected chi connectivity index (χ2v) is 8.69. The smallest absolute Gasteiger partial charge is 0.315 e. The average Bonchev–Trinajstić information content (AvgIpc) is 3.04. The molecular formula is C23H25N3O3S. The number of carbonyl (C=O) groups is 1. The van der Waals surface area contributed by atoms with Crippen LogP contribution in [-0.4, -0.2) is 50.1 Å². The number of carbonyl (C=O) groups excluding carboxylic acids is 1. The third-order valence-electron chi connectivity index (χ3n) is 5.66. The first kappa shape index (κ1) is 20.6. The molecule has 0 radical (unpaired) electrons. The van der Waals surface area contributed by atoms with E-state index in [1.54, 1.807) is 11.8 Å². The van der Waals surface area contributed by atoms with E-state index in [1.807, 2.05) is 50.2 Å². The highest BCUT2D eigenvalue weighted by molar-refractivity contribution is 7.99. The molecule has 7 heteroatoms. The molecule has 0 aliphatic carbocycles. The van der Waals surface area contributed by atoms with Gasteiger partial charge in [-0.1, -0.05) is 18.2 Å². The summed E-state index contributed by atoms with van der Waals surface area (Å²) in [6.45, 7) is 3.22. The average molecular weight is 424 g/mol. The Kier molecular flexibility index (Phi) is 5.89. The van der Waals surface area contributed by atoms with Crippen molar-refractivity contribution in [1.29, 1.82) is 5.26 Å². The van der Waals surface area contributed by atoms with Gasteiger partial charge in [0.15, 0.2) is 0 Å². The first-order valence-electron chi connectivity index (χ1n) is 10.0. The highest BCUT2D eigenvalue weighted by atomic mass is 32.2. The number of likely N-dealkylation sites (N-methyl/N-ethyl adjacent to an activating group) is 1. The van der Waals surface area contributed by atoms with Gasteiger partial charge in [-0.15, -0.1) is 11.8 Å². The van der Waals surface area contributed by atoms with Crippen LogP contribution >= 0.6 is 11.8 Å². The maximum atomic E-state index is 13.1. The fraction of sp³-hybridized carbons (Fsp3) is 0.391. The van der Waals surface area contributed by atoms with E-state index in [4.69, 9.17) is 9.47 Å². The van der Waals surface area contributed by atoms with Crippen LogP contribution in [0.3, 0.4) is 0 Å². The molecule has 2 aliphatic rings. The van der Waals surface area contributed by atoms with E-state index >= 15 is 0 Å². The summed E-state index contributed by atoms with van der Waals surface area (Å²) in [6.07, 6.45) is 0. The Labute approximate surface area is 181 Å². The van der Waals surface area contributed by atoms with Crippen molar-refractivity contribution in [1.82, 2.24) is 4.90 Å². The highest BCUT2D eigenvalue weighted by Crippen LogP contribution is 2.49. The Hall–Kier alpha value is -2.69. The predicted octanol–water partition coefficient (Wildman–Crippen LogP) is 3.60. The SMILES string of the molecule is CCOC(=O)C1c2c(cc(C#N)c3c2CN(C)CO3)N(C)C1CSc1ccccc1. The number of fused-ring (bicyclic) bond motifs is 3. The van der Waals surface area contributed by atoms with E-state index in [1.165, 1.54) is 0 Å². The van der Waals surface area contributed by atoms with Crippen LogP contribution in [-0.2, 0) is 16.1 Å². The van der Waals surface area contributed by atoms with E-state index in [9.17, 15) is 10.1 Å². The van der Waals surface area contributed by atoms with Crippen LogP contribution in [0, 0.1) is 11.3 Å².